The van der Waals surface area contributed by atoms with Gasteiger partial charge in [-0.05, 0) is 25.1 Å². The van der Waals surface area contributed by atoms with E-state index in [-0.39, 0.29) is 0 Å². The van der Waals surface area contributed by atoms with E-state index in [1.807, 2.05) is 18.3 Å². The second kappa shape index (κ2) is 3.95. The van der Waals surface area contributed by atoms with Gasteiger partial charge >= 0.3 is 0 Å². The molecule has 0 aliphatic rings. The number of rotatable bonds is 2. The molecule has 2 rings (SSSR count). The molecule has 0 radical (unpaired) electrons. The molecule has 0 bridgehead atoms. The standard InChI is InChI=1S/C11H12ClN3/c1-2-15-6-5-14-11(15)8-3-4-9(12)10(13)7-8/h3-7H,2,13H2,1H3. The highest BCUT2D eigenvalue weighted by Crippen LogP contribution is 2.25. The second-order valence-electron chi connectivity index (χ2n) is 3.27. The number of hydrogen-bond acceptors (Lipinski definition) is 2. The Morgan fingerprint density at radius 2 is 2.27 bits per heavy atom. The van der Waals surface area contributed by atoms with Gasteiger partial charge in [-0.15, -0.1) is 0 Å². The average molecular weight is 222 g/mol. The van der Waals surface area contributed by atoms with E-state index in [1.54, 1.807) is 12.3 Å². The van der Waals surface area contributed by atoms with Crippen LogP contribution in [0, 0.1) is 0 Å². The molecule has 0 unspecified atom stereocenters. The fraction of sp³-hybridized carbons (Fsp3) is 0.182. The van der Waals surface area contributed by atoms with E-state index in [2.05, 4.69) is 16.5 Å². The van der Waals surface area contributed by atoms with Gasteiger partial charge in [-0.1, -0.05) is 11.6 Å². The minimum absolute atomic E-state index is 0.577. The van der Waals surface area contributed by atoms with Crippen LogP contribution in [0.3, 0.4) is 0 Å². The van der Waals surface area contributed by atoms with Crippen LogP contribution in [0.4, 0.5) is 5.69 Å². The summed E-state index contributed by atoms with van der Waals surface area (Å²) in [7, 11) is 0. The van der Waals surface area contributed by atoms with E-state index < -0.39 is 0 Å². The smallest absolute Gasteiger partial charge is 0.139 e. The summed E-state index contributed by atoms with van der Waals surface area (Å²) in [6.45, 7) is 2.96. The maximum atomic E-state index is 5.86. The Morgan fingerprint density at radius 1 is 1.47 bits per heavy atom. The van der Waals surface area contributed by atoms with Crippen LogP contribution in [0.5, 0.6) is 0 Å². The molecule has 0 saturated heterocycles. The number of anilines is 1. The maximum Gasteiger partial charge on any atom is 0.139 e. The summed E-state index contributed by atoms with van der Waals surface area (Å²) in [4.78, 5) is 4.29. The number of imidazole rings is 1. The summed E-state index contributed by atoms with van der Waals surface area (Å²) in [5.74, 6) is 0.917. The topological polar surface area (TPSA) is 43.8 Å². The van der Waals surface area contributed by atoms with Gasteiger partial charge in [0.1, 0.15) is 5.82 Å². The van der Waals surface area contributed by atoms with Crippen LogP contribution in [0.1, 0.15) is 6.92 Å². The van der Waals surface area contributed by atoms with Crippen LogP contribution in [-0.2, 0) is 6.54 Å². The quantitative estimate of drug-likeness (QED) is 0.793. The molecule has 0 saturated carbocycles. The van der Waals surface area contributed by atoms with Gasteiger partial charge < -0.3 is 10.3 Å². The van der Waals surface area contributed by atoms with E-state index in [9.17, 15) is 0 Å². The zero-order valence-corrected chi connectivity index (χ0v) is 9.20. The fourth-order valence-corrected chi connectivity index (χ4v) is 1.63. The lowest BCUT2D eigenvalue weighted by molar-refractivity contribution is 0.771. The third kappa shape index (κ3) is 1.83. The number of nitrogens with two attached hydrogens (primary N) is 1. The summed E-state index contributed by atoms with van der Waals surface area (Å²) < 4.78 is 2.06. The zero-order valence-electron chi connectivity index (χ0n) is 8.44. The molecule has 78 valence electrons. The van der Waals surface area contributed by atoms with Crippen molar-refractivity contribution in [2.45, 2.75) is 13.5 Å². The monoisotopic (exact) mass is 221 g/mol. The highest BCUT2D eigenvalue weighted by Gasteiger charge is 2.06. The van der Waals surface area contributed by atoms with Crippen LogP contribution >= 0.6 is 11.6 Å². The van der Waals surface area contributed by atoms with Crippen LogP contribution in [0.15, 0.2) is 30.6 Å². The number of nitrogens with zero attached hydrogens (tertiary/aromatic N) is 2. The molecule has 0 amide bonds. The summed E-state index contributed by atoms with van der Waals surface area (Å²) in [5.41, 5.74) is 7.32. The molecule has 4 heteroatoms. The molecule has 0 atom stereocenters. The Hall–Kier alpha value is -1.48. The van der Waals surface area contributed by atoms with Crippen molar-refractivity contribution in [2.24, 2.45) is 0 Å². The third-order valence-corrected chi connectivity index (χ3v) is 2.65. The average Bonchev–Trinajstić information content (AvgIpc) is 2.70. The van der Waals surface area contributed by atoms with Crippen molar-refractivity contribution in [1.29, 1.82) is 0 Å². The Kier molecular flexibility index (Phi) is 2.64. The number of aryl methyl sites for hydroxylation is 1. The lowest BCUT2D eigenvalue weighted by Gasteiger charge is -2.06. The van der Waals surface area contributed by atoms with E-state index in [0.717, 1.165) is 17.9 Å². The highest BCUT2D eigenvalue weighted by molar-refractivity contribution is 6.33. The first-order valence-corrected chi connectivity index (χ1v) is 5.16. The van der Waals surface area contributed by atoms with Gasteiger partial charge in [0.05, 0.1) is 10.7 Å². The summed E-state index contributed by atoms with van der Waals surface area (Å²) in [6, 6.07) is 5.56. The Labute approximate surface area is 93.5 Å². The minimum Gasteiger partial charge on any atom is -0.398 e. The number of halogens is 1. The molecule has 0 aliphatic heterocycles. The molecule has 1 aromatic carbocycles. The molecule has 2 N–H and O–H groups in total. The molecule has 1 heterocycles. The predicted octanol–water partition coefficient (Wildman–Crippen LogP) is 2.81. The SMILES string of the molecule is CCn1ccnc1-c1ccc(Cl)c(N)c1. The number of benzene rings is 1. The lowest BCUT2D eigenvalue weighted by Crippen LogP contribution is -1.96. The zero-order chi connectivity index (χ0) is 10.8. The van der Waals surface area contributed by atoms with Gasteiger partial charge in [0.15, 0.2) is 0 Å². The Balaban J connectivity index is 2.50. The summed E-state index contributed by atoms with van der Waals surface area (Å²) in [6.07, 6.45) is 3.73. The van der Waals surface area contributed by atoms with Crippen LogP contribution in [0.2, 0.25) is 5.02 Å². The first-order chi connectivity index (χ1) is 7.22. The Bertz CT molecular complexity index is 476. The van der Waals surface area contributed by atoms with E-state index in [4.69, 9.17) is 17.3 Å². The summed E-state index contributed by atoms with van der Waals surface area (Å²) >= 11 is 5.86. The molecule has 1 aromatic heterocycles. The second-order valence-corrected chi connectivity index (χ2v) is 3.68. The Morgan fingerprint density at radius 3 is 2.93 bits per heavy atom. The molecule has 0 spiro atoms. The van der Waals surface area contributed by atoms with Crippen molar-refractivity contribution < 1.29 is 0 Å². The van der Waals surface area contributed by atoms with Gasteiger partial charge in [0.2, 0.25) is 0 Å². The summed E-state index contributed by atoms with van der Waals surface area (Å²) in [5, 5.41) is 0.577. The highest BCUT2D eigenvalue weighted by atomic mass is 35.5. The largest absolute Gasteiger partial charge is 0.398 e. The van der Waals surface area contributed by atoms with Gasteiger partial charge in [-0.3, -0.25) is 0 Å². The van der Waals surface area contributed by atoms with Gasteiger partial charge in [0, 0.05) is 24.5 Å². The maximum absolute atomic E-state index is 5.86. The van der Waals surface area contributed by atoms with E-state index in [0.29, 0.717) is 10.7 Å². The van der Waals surface area contributed by atoms with Crippen molar-refractivity contribution in [1.82, 2.24) is 9.55 Å². The molecule has 0 fully saturated rings. The third-order valence-electron chi connectivity index (χ3n) is 2.31. The van der Waals surface area contributed by atoms with Crippen molar-refractivity contribution in [3.8, 4) is 11.4 Å². The van der Waals surface area contributed by atoms with Crippen molar-refractivity contribution >= 4 is 17.3 Å². The molecule has 2 aromatic rings. The van der Waals surface area contributed by atoms with Crippen LogP contribution in [-0.4, -0.2) is 9.55 Å². The molecule has 0 aliphatic carbocycles. The molecule has 15 heavy (non-hydrogen) atoms. The van der Waals surface area contributed by atoms with Crippen LogP contribution in [0.25, 0.3) is 11.4 Å². The molecular weight excluding hydrogens is 210 g/mol. The first-order valence-electron chi connectivity index (χ1n) is 4.79. The number of hydrogen-bond donors (Lipinski definition) is 1. The predicted molar refractivity (Wildman–Crippen MR) is 62.8 cm³/mol. The lowest BCUT2D eigenvalue weighted by atomic mass is 10.2. The van der Waals surface area contributed by atoms with Crippen molar-refractivity contribution in [3.05, 3.63) is 35.6 Å². The fourth-order valence-electron chi connectivity index (χ4n) is 1.51. The van der Waals surface area contributed by atoms with E-state index in [1.165, 1.54) is 0 Å². The number of aromatic nitrogens is 2. The molecule has 3 nitrogen and oxygen atoms in total. The normalized spacial score (nSPS) is 10.5. The van der Waals surface area contributed by atoms with E-state index >= 15 is 0 Å². The molecular formula is C11H12ClN3. The van der Waals surface area contributed by atoms with Crippen molar-refractivity contribution in [2.75, 3.05) is 5.73 Å². The van der Waals surface area contributed by atoms with Gasteiger partial charge in [-0.2, -0.15) is 0 Å². The van der Waals surface area contributed by atoms with Gasteiger partial charge in [-0.25, -0.2) is 4.98 Å². The van der Waals surface area contributed by atoms with Crippen LogP contribution < -0.4 is 5.73 Å². The van der Waals surface area contributed by atoms with Crippen molar-refractivity contribution in [3.63, 3.8) is 0 Å². The number of nitrogen functional groups attached to an aromatic ring is 1. The first kappa shape index (κ1) is 10.1. The van der Waals surface area contributed by atoms with Gasteiger partial charge in [0.25, 0.3) is 0 Å². The minimum atomic E-state index is 0.577.